The van der Waals surface area contributed by atoms with Crippen LogP contribution >= 0.6 is 22.6 Å². The third kappa shape index (κ3) is 6.36. The summed E-state index contributed by atoms with van der Waals surface area (Å²) in [6.45, 7) is 6.97. The molecule has 11 nitrogen and oxygen atoms in total. The van der Waals surface area contributed by atoms with E-state index in [1.54, 1.807) is 6.20 Å². The van der Waals surface area contributed by atoms with Crippen molar-refractivity contribution in [2.45, 2.75) is 37.9 Å². The smallest absolute Gasteiger partial charge is 0.277 e. The van der Waals surface area contributed by atoms with Crippen LogP contribution in [0, 0.1) is 0 Å². The number of amides is 2. The molecule has 2 amide bonds. The number of nitrogens with two attached hydrogens (primary N) is 1. The first kappa shape index (κ1) is 26.6. The van der Waals surface area contributed by atoms with Crippen LogP contribution in [0.3, 0.4) is 0 Å². The monoisotopic (exact) mass is 595 g/mol. The summed E-state index contributed by atoms with van der Waals surface area (Å²) in [6.07, 6.45) is 1.57. The topological polar surface area (TPSA) is 140 Å². The van der Waals surface area contributed by atoms with Crippen LogP contribution in [-0.2, 0) is 28.9 Å². The molecule has 0 aliphatic heterocycles. The molecule has 1 aromatic carbocycles. The normalized spacial score (nSPS) is 11.0. The number of imidazole rings is 1. The quantitative estimate of drug-likeness (QED) is 0.106. The van der Waals surface area contributed by atoms with Gasteiger partial charge in [0.1, 0.15) is 12.3 Å². The molecule has 0 bridgehead atoms. The lowest BCUT2D eigenvalue weighted by Gasteiger charge is -2.07. The summed E-state index contributed by atoms with van der Waals surface area (Å²) in [5, 5.41) is 8.71. The molecule has 12 heteroatoms. The number of nitrogens with zero attached hydrogens (tertiary/aromatic N) is 4. The van der Waals surface area contributed by atoms with Gasteiger partial charge in [0.15, 0.2) is 29.2 Å². The van der Waals surface area contributed by atoms with Crippen molar-refractivity contribution in [1.29, 1.82) is 0 Å². The van der Waals surface area contributed by atoms with Crippen LogP contribution in [0.2, 0.25) is 0 Å². The molecule has 0 radical (unpaired) electrons. The van der Waals surface area contributed by atoms with Crippen molar-refractivity contribution in [3.8, 4) is 5.75 Å². The van der Waals surface area contributed by atoms with Gasteiger partial charge in [0, 0.05) is 23.6 Å². The highest BCUT2D eigenvalue weighted by atomic mass is 127. The number of benzene rings is 1. The Hall–Kier alpha value is -3.00. The van der Waals surface area contributed by atoms with Crippen LogP contribution in [0.25, 0.3) is 11.0 Å². The van der Waals surface area contributed by atoms with Crippen molar-refractivity contribution in [3.63, 3.8) is 0 Å². The molecule has 35 heavy (non-hydrogen) atoms. The Balaban J connectivity index is 1.81. The maximum Gasteiger partial charge on any atom is 0.277 e. The average molecular weight is 595 g/mol. The lowest BCUT2D eigenvalue weighted by Crippen LogP contribution is -2.40. The second-order valence-corrected chi connectivity index (χ2v) is 8.47. The number of rotatable bonds is 12. The van der Waals surface area contributed by atoms with E-state index in [-0.39, 0.29) is 36.5 Å². The molecule has 5 N–H and O–H groups in total. The Kier molecular flexibility index (Phi) is 9.60. The zero-order valence-electron chi connectivity index (χ0n) is 20.2. The van der Waals surface area contributed by atoms with Gasteiger partial charge in [0.2, 0.25) is 0 Å². The first-order chi connectivity index (χ1) is 16.9. The number of fused-ring (bicyclic) bond motifs is 1. The summed E-state index contributed by atoms with van der Waals surface area (Å²) in [5.74, 6) is 1.09. The van der Waals surface area contributed by atoms with Crippen LogP contribution in [0.5, 0.6) is 5.75 Å². The first-order valence-electron chi connectivity index (χ1n) is 11.5. The lowest BCUT2D eigenvalue weighted by atomic mass is 10.3. The Morgan fingerprint density at radius 1 is 1.23 bits per heavy atom. The summed E-state index contributed by atoms with van der Waals surface area (Å²) < 4.78 is 10.6. The number of hydrogen-bond donors (Lipinski definition) is 4. The van der Waals surface area contributed by atoms with Gasteiger partial charge in [-0.25, -0.2) is 19.1 Å². The zero-order chi connectivity index (χ0) is 25.4. The number of ether oxygens (including phenoxy) is 1. The molecule has 3 rings (SSSR count). The van der Waals surface area contributed by atoms with Crippen LogP contribution in [0.15, 0.2) is 24.4 Å². The van der Waals surface area contributed by atoms with Gasteiger partial charge in [-0.1, -0.05) is 22.6 Å². The number of aromatic nitrogens is 4. The zero-order valence-corrected chi connectivity index (χ0v) is 22.4. The van der Waals surface area contributed by atoms with Crippen LogP contribution < -0.4 is 31.0 Å². The largest absolute Gasteiger partial charge is 0.484 e. The Bertz CT molecular complexity index is 1200. The molecule has 2 aromatic heterocycles. The molecule has 0 saturated carbocycles. The fourth-order valence-corrected chi connectivity index (χ4v) is 4.16. The van der Waals surface area contributed by atoms with E-state index in [2.05, 4.69) is 64.6 Å². The van der Waals surface area contributed by atoms with Crippen molar-refractivity contribution in [2.75, 3.05) is 32.5 Å². The van der Waals surface area contributed by atoms with E-state index in [1.807, 2.05) is 32.2 Å². The number of nitrogens with one attached hydrogen (secondary N) is 3. The summed E-state index contributed by atoms with van der Waals surface area (Å²) in [4.78, 5) is 33.2. The number of halogens is 1. The molecule has 0 fully saturated rings. The highest BCUT2D eigenvalue weighted by Crippen LogP contribution is 2.22. The molecule has 2 heterocycles. The van der Waals surface area contributed by atoms with E-state index < -0.39 is 0 Å². The lowest BCUT2D eigenvalue weighted by molar-refractivity contribution is -0.676. The fourth-order valence-electron chi connectivity index (χ4n) is 3.79. The highest BCUT2D eigenvalue weighted by Gasteiger charge is 2.25. The van der Waals surface area contributed by atoms with Crippen molar-refractivity contribution < 1.29 is 18.9 Å². The van der Waals surface area contributed by atoms with Gasteiger partial charge in [-0.3, -0.25) is 9.59 Å². The number of aryl methyl sites for hydroxylation is 2. The summed E-state index contributed by atoms with van der Waals surface area (Å²) >= 11 is 2.16. The third-order valence-corrected chi connectivity index (χ3v) is 6.24. The van der Waals surface area contributed by atoms with Crippen LogP contribution in [-0.4, -0.2) is 53.1 Å². The number of carbonyl (C=O) groups is 2. The van der Waals surface area contributed by atoms with Gasteiger partial charge in [-0.05, 0) is 33.0 Å². The van der Waals surface area contributed by atoms with Crippen molar-refractivity contribution in [2.24, 2.45) is 0 Å². The van der Waals surface area contributed by atoms with Crippen molar-refractivity contribution in [1.82, 2.24) is 30.5 Å². The maximum absolute atomic E-state index is 12.8. The van der Waals surface area contributed by atoms with E-state index >= 15 is 0 Å². The van der Waals surface area contributed by atoms with E-state index in [9.17, 15) is 9.59 Å². The minimum atomic E-state index is -0.370. The van der Waals surface area contributed by atoms with Gasteiger partial charge >= 0.3 is 0 Å². The Labute approximate surface area is 218 Å². The molecule has 0 atom stereocenters. The minimum Gasteiger partial charge on any atom is -0.484 e. The van der Waals surface area contributed by atoms with E-state index in [0.29, 0.717) is 35.5 Å². The molecular weight excluding hydrogens is 563 g/mol. The van der Waals surface area contributed by atoms with Gasteiger partial charge in [-0.15, -0.1) is 0 Å². The number of anilines is 1. The molecule has 0 aliphatic rings. The number of likely N-dealkylation sites (N-methyl/N-ethyl adjacent to an activating group) is 1. The Morgan fingerprint density at radius 3 is 2.71 bits per heavy atom. The predicted molar refractivity (Wildman–Crippen MR) is 141 cm³/mol. The third-order valence-electron chi connectivity index (χ3n) is 5.46. The predicted octanol–water partition coefficient (Wildman–Crippen LogP) is 0.920. The van der Waals surface area contributed by atoms with Crippen molar-refractivity contribution >= 4 is 51.3 Å². The van der Waals surface area contributed by atoms with E-state index in [0.717, 1.165) is 23.4 Å². The maximum atomic E-state index is 12.8. The highest BCUT2D eigenvalue weighted by molar-refractivity contribution is 14.1. The number of alkyl halides is 1. The molecule has 0 unspecified atom stereocenters. The first-order valence-corrected chi connectivity index (χ1v) is 13.0. The standard InChI is InChI=1S/C23H31IN8O3/c1-4-31-17-7-6-16(35-14-19(33)27-9-8-26-3)10-18(17)32(5-2)20(31)13-29-23(34)21-22(25)28-12-15(11-24)30-21/h6-7,10,12,26H,4-5,8-9,11,13-14H2,1-3H3,(H3-,25,27,28,29,33,34)/p+1. The number of carbonyl (C=O) groups excluding carboxylic acids is 2. The van der Waals surface area contributed by atoms with E-state index in [1.165, 1.54) is 0 Å². The Morgan fingerprint density at radius 2 is 2.03 bits per heavy atom. The van der Waals surface area contributed by atoms with Gasteiger partial charge in [0.05, 0.1) is 25.0 Å². The fraction of sp³-hybridized carbons (Fsp3) is 0.435. The second-order valence-electron chi connectivity index (χ2n) is 7.71. The van der Waals surface area contributed by atoms with Crippen LogP contribution in [0.4, 0.5) is 5.82 Å². The minimum absolute atomic E-state index is 0.0580. The summed E-state index contributed by atoms with van der Waals surface area (Å²) in [5.41, 5.74) is 8.68. The summed E-state index contributed by atoms with van der Waals surface area (Å²) in [7, 11) is 1.83. The average Bonchev–Trinajstić information content (AvgIpc) is 3.18. The summed E-state index contributed by atoms with van der Waals surface area (Å²) in [6, 6.07) is 5.74. The second kappa shape index (κ2) is 12.6. The molecule has 0 spiro atoms. The molecular formula is C23H32IN8O3+. The number of hydrogen-bond acceptors (Lipinski definition) is 7. The number of nitrogen functional groups attached to an aromatic ring is 1. The van der Waals surface area contributed by atoms with Crippen molar-refractivity contribution in [3.05, 3.63) is 41.6 Å². The SMILES string of the molecule is CCn1c(CNC(=O)c2nc(CI)cnc2N)[n+](CC)c2ccc(OCC(=O)NCCNC)cc21. The van der Waals surface area contributed by atoms with Gasteiger partial charge in [0.25, 0.3) is 17.6 Å². The van der Waals surface area contributed by atoms with Crippen LogP contribution in [0.1, 0.15) is 35.9 Å². The van der Waals surface area contributed by atoms with Gasteiger partial charge in [-0.2, -0.15) is 0 Å². The van der Waals surface area contributed by atoms with E-state index in [4.69, 9.17) is 10.5 Å². The molecule has 0 aliphatic carbocycles. The molecule has 188 valence electrons. The molecule has 3 aromatic rings. The molecule has 0 saturated heterocycles. The van der Waals surface area contributed by atoms with Gasteiger partial charge < -0.3 is 26.4 Å².